The summed E-state index contributed by atoms with van der Waals surface area (Å²) in [7, 11) is 0. The van der Waals surface area contributed by atoms with Gasteiger partial charge in [-0.15, -0.1) is 0 Å². The first kappa shape index (κ1) is 13.6. The second kappa shape index (κ2) is 8.62. The minimum Gasteiger partial charge on any atom is -0.396 e. The van der Waals surface area contributed by atoms with Crippen molar-refractivity contribution in [3.8, 4) is 0 Å². The molecule has 0 spiro atoms. The van der Waals surface area contributed by atoms with Crippen molar-refractivity contribution >= 4 is 11.9 Å². The van der Waals surface area contributed by atoms with Gasteiger partial charge in [0.05, 0.1) is 0 Å². The van der Waals surface area contributed by atoms with Crippen molar-refractivity contribution in [3.05, 3.63) is 29.8 Å². The van der Waals surface area contributed by atoms with Gasteiger partial charge in [-0.2, -0.15) is 0 Å². The van der Waals surface area contributed by atoms with E-state index < -0.39 is 0 Å². The Morgan fingerprint density at radius 3 is 2.44 bits per heavy atom. The summed E-state index contributed by atoms with van der Waals surface area (Å²) in [6, 6.07) is 8.54. The number of aliphatic hydroxyl groups is 1. The molecule has 3 heteroatoms. The Bertz CT molecular complexity index is 274. The molecule has 0 radical (unpaired) electrons. The van der Waals surface area contributed by atoms with E-state index in [9.17, 15) is 0 Å². The van der Waals surface area contributed by atoms with E-state index >= 15 is 0 Å². The number of nitrogens with one attached hydrogen (secondary N) is 1. The largest absolute Gasteiger partial charge is 0.396 e. The summed E-state index contributed by atoms with van der Waals surface area (Å²) in [5.74, 6) is 0. The number of unbranched alkanes of at least 4 members (excludes halogenated alkanes) is 3. The second-order valence-corrected chi connectivity index (χ2v) is 4.91. The van der Waals surface area contributed by atoms with Gasteiger partial charge in [0.25, 0.3) is 0 Å². The molecule has 0 aliphatic heterocycles. The Morgan fingerprint density at radius 1 is 1.06 bits per heavy atom. The number of hydrogen-bond acceptors (Lipinski definition) is 3. The van der Waals surface area contributed by atoms with Crippen LogP contribution >= 0.6 is 11.9 Å². The highest BCUT2D eigenvalue weighted by atomic mass is 32.2. The number of hydrogen-bond donors (Lipinski definition) is 2. The van der Waals surface area contributed by atoms with E-state index in [-0.39, 0.29) is 0 Å². The molecule has 16 heavy (non-hydrogen) atoms. The first-order valence-corrected chi connectivity index (χ1v) is 6.72. The maximum absolute atomic E-state index is 8.62. The SMILES string of the molecule is Cc1ccc(SNCCCCCCO)cc1. The molecule has 90 valence electrons. The fraction of sp³-hybridized carbons (Fsp3) is 0.538. The van der Waals surface area contributed by atoms with Crippen LogP contribution in [0.2, 0.25) is 0 Å². The van der Waals surface area contributed by atoms with Crippen LogP contribution in [0.5, 0.6) is 0 Å². The average molecular weight is 239 g/mol. The normalized spacial score (nSPS) is 10.6. The van der Waals surface area contributed by atoms with Crippen molar-refractivity contribution in [1.82, 2.24) is 4.72 Å². The first-order chi connectivity index (χ1) is 7.83. The van der Waals surface area contributed by atoms with Gasteiger partial charge in [0.15, 0.2) is 0 Å². The molecule has 0 aliphatic rings. The van der Waals surface area contributed by atoms with Crippen LogP contribution in [0.4, 0.5) is 0 Å². The Balaban J connectivity index is 2.01. The van der Waals surface area contributed by atoms with E-state index in [1.165, 1.54) is 23.3 Å². The molecule has 1 aromatic carbocycles. The molecule has 0 aliphatic carbocycles. The highest BCUT2D eigenvalue weighted by Crippen LogP contribution is 2.14. The fourth-order valence-electron chi connectivity index (χ4n) is 1.40. The second-order valence-electron chi connectivity index (χ2n) is 3.95. The van der Waals surface area contributed by atoms with Crippen molar-refractivity contribution < 1.29 is 5.11 Å². The van der Waals surface area contributed by atoms with Gasteiger partial charge in [-0.25, -0.2) is 0 Å². The molecule has 2 nitrogen and oxygen atoms in total. The number of rotatable bonds is 8. The Labute approximate surface area is 103 Å². The lowest BCUT2D eigenvalue weighted by atomic mass is 10.2. The number of aliphatic hydroxyl groups excluding tert-OH is 1. The molecule has 0 atom stereocenters. The van der Waals surface area contributed by atoms with Crippen LogP contribution in [-0.4, -0.2) is 18.3 Å². The van der Waals surface area contributed by atoms with Crippen molar-refractivity contribution in [2.45, 2.75) is 37.5 Å². The van der Waals surface area contributed by atoms with Gasteiger partial charge in [0, 0.05) is 18.0 Å². The molecule has 0 saturated heterocycles. The number of aryl methyl sites for hydroxylation is 1. The maximum atomic E-state index is 8.62. The van der Waals surface area contributed by atoms with E-state index in [0.717, 1.165) is 19.4 Å². The van der Waals surface area contributed by atoms with Crippen molar-refractivity contribution in [1.29, 1.82) is 0 Å². The van der Waals surface area contributed by atoms with Gasteiger partial charge in [-0.05, 0) is 43.8 Å². The molecule has 0 fully saturated rings. The van der Waals surface area contributed by atoms with Gasteiger partial charge in [0.2, 0.25) is 0 Å². The van der Waals surface area contributed by atoms with Crippen LogP contribution in [0.25, 0.3) is 0 Å². The Kier molecular flexibility index (Phi) is 7.30. The molecule has 0 amide bonds. The molecular formula is C13H21NOS. The smallest absolute Gasteiger partial charge is 0.0431 e. The zero-order valence-electron chi connectivity index (χ0n) is 9.91. The Hall–Kier alpha value is -0.510. The lowest BCUT2D eigenvalue weighted by molar-refractivity contribution is 0.282. The molecule has 1 aromatic rings. The van der Waals surface area contributed by atoms with Crippen molar-refractivity contribution in [2.24, 2.45) is 0 Å². The molecule has 0 saturated carbocycles. The summed E-state index contributed by atoms with van der Waals surface area (Å²) in [6.07, 6.45) is 4.44. The summed E-state index contributed by atoms with van der Waals surface area (Å²) in [5.41, 5.74) is 1.30. The third-order valence-electron chi connectivity index (χ3n) is 2.40. The van der Waals surface area contributed by atoms with Crippen LogP contribution in [0.15, 0.2) is 29.2 Å². The molecular weight excluding hydrogens is 218 g/mol. The molecule has 0 unspecified atom stereocenters. The third kappa shape index (κ3) is 6.16. The summed E-state index contributed by atoms with van der Waals surface area (Å²) in [5, 5.41) is 8.62. The van der Waals surface area contributed by atoms with Crippen LogP contribution in [-0.2, 0) is 0 Å². The molecule has 2 N–H and O–H groups in total. The molecule has 0 aromatic heterocycles. The van der Waals surface area contributed by atoms with E-state index in [4.69, 9.17) is 5.11 Å². The number of benzene rings is 1. The van der Waals surface area contributed by atoms with Gasteiger partial charge >= 0.3 is 0 Å². The van der Waals surface area contributed by atoms with Crippen molar-refractivity contribution in [3.63, 3.8) is 0 Å². The highest BCUT2D eigenvalue weighted by molar-refractivity contribution is 7.97. The van der Waals surface area contributed by atoms with Crippen molar-refractivity contribution in [2.75, 3.05) is 13.2 Å². The van der Waals surface area contributed by atoms with E-state index in [2.05, 4.69) is 35.9 Å². The van der Waals surface area contributed by atoms with E-state index in [1.54, 1.807) is 11.9 Å². The quantitative estimate of drug-likeness (QED) is 0.540. The van der Waals surface area contributed by atoms with Gasteiger partial charge in [-0.1, -0.05) is 30.5 Å². The molecule has 0 heterocycles. The lowest BCUT2D eigenvalue weighted by Crippen LogP contribution is -2.05. The van der Waals surface area contributed by atoms with E-state index in [0.29, 0.717) is 6.61 Å². The summed E-state index contributed by atoms with van der Waals surface area (Å²) in [6.45, 7) is 3.46. The molecule has 1 rings (SSSR count). The van der Waals surface area contributed by atoms with Crippen LogP contribution in [0, 0.1) is 6.92 Å². The minimum absolute atomic E-state index is 0.325. The van der Waals surface area contributed by atoms with Gasteiger partial charge in [0.1, 0.15) is 0 Å². The zero-order chi connectivity index (χ0) is 11.6. The first-order valence-electron chi connectivity index (χ1n) is 5.90. The summed E-state index contributed by atoms with van der Waals surface area (Å²) < 4.78 is 3.35. The van der Waals surface area contributed by atoms with Gasteiger partial charge in [-0.3, -0.25) is 4.72 Å². The summed E-state index contributed by atoms with van der Waals surface area (Å²) >= 11 is 1.69. The maximum Gasteiger partial charge on any atom is 0.0431 e. The monoisotopic (exact) mass is 239 g/mol. The van der Waals surface area contributed by atoms with Gasteiger partial charge < -0.3 is 5.11 Å². The Morgan fingerprint density at radius 2 is 1.75 bits per heavy atom. The average Bonchev–Trinajstić information content (AvgIpc) is 2.30. The predicted molar refractivity (Wildman–Crippen MR) is 70.6 cm³/mol. The molecule has 0 bridgehead atoms. The summed E-state index contributed by atoms with van der Waals surface area (Å²) in [4.78, 5) is 1.26. The van der Waals surface area contributed by atoms with Crippen LogP contribution < -0.4 is 4.72 Å². The van der Waals surface area contributed by atoms with Crippen LogP contribution in [0.3, 0.4) is 0 Å². The highest BCUT2D eigenvalue weighted by Gasteiger charge is 1.93. The van der Waals surface area contributed by atoms with E-state index in [1.807, 2.05) is 0 Å². The van der Waals surface area contributed by atoms with Crippen LogP contribution in [0.1, 0.15) is 31.2 Å². The zero-order valence-corrected chi connectivity index (χ0v) is 10.7. The lowest BCUT2D eigenvalue weighted by Gasteiger charge is -2.04. The standard InChI is InChI=1S/C13H21NOS/c1-12-6-8-13(9-7-12)16-14-10-4-2-3-5-11-15/h6-9,14-15H,2-5,10-11H2,1H3. The minimum atomic E-state index is 0.325. The fourth-order valence-corrected chi connectivity index (χ4v) is 2.09. The topological polar surface area (TPSA) is 32.3 Å². The predicted octanol–water partition coefficient (Wildman–Crippen LogP) is 3.14. The third-order valence-corrected chi connectivity index (χ3v) is 3.25.